The molecule has 0 aliphatic heterocycles. The first kappa shape index (κ1) is 20.0. The monoisotopic (exact) mass is 404 g/mol. The molecule has 0 saturated carbocycles. The van der Waals surface area contributed by atoms with Crippen LogP contribution in [0.1, 0.15) is 18.1 Å². The molecule has 2 N–H and O–H groups in total. The molecule has 1 aromatic carbocycles. The fourth-order valence-electron chi connectivity index (χ4n) is 3.62. The molecule has 30 heavy (non-hydrogen) atoms. The molecule has 0 fully saturated rings. The molecule has 4 rings (SSSR count). The average Bonchev–Trinajstić information content (AvgIpc) is 3.16. The highest BCUT2D eigenvalue weighted by Crippen LogP contribution is 2.32. The van der Waals surface area contributed by atoms with Crippen molar-refractivity contribution in [2.24, 2.45) is 0 Å². The number of nitrogens with zero attached hydrogens (tertiary/aromatic N) is 4. The minimum Gasteiger partial charge on any atom is -0.360 e. The molecule has 154 valence electrons. The molecule has 7 heteroatoms. The third-order valence-corrected chi connectivity index (χ3v) is 5.27. The number of rotatable bonds is 6. The van der Waals surface area contributed by atoms with Gasteiger partial charge in [0, 0.05) is 31.1 Å². The van der Waals surface area contributed by atoms with E-state index in [2.05, 4.69) is 32.3 Å². The first-order chi connectivity index (χ1) is 14.5. The maximum atomic E-state index is 14.9. The second-order valence-corrected chi connectivity index (χ2v) is 7.38. The van der Waals surface area contributed by atoms with Crippen molar-refractivity contribution in [2.75, 3.05) is 25.5 Å². The second-order valence-electron chi connectivity index (χ2n) is 7.38. The lowest BCUT2D eigenvalue weighted by Crippen LogP contribution is -2.17. The van der Waals surface area contributed by atoms with Crippen LogP contribution < -0.4 is 10.2 Å². The van der Waals surface area contributed by atoms with Gasteiger partial charge in [-0.3, -0.25) is 10.1 Å². The fourth-order valence-corrected chi connectivity index (χ4v) is 3.62. The number of fused-ring (bicyclic) bond motifs is 1. The number of H-pyrrole nitrogens is 1. The number of halogens is 1. The lowest BCUT2D eigenvalue weighted by molar-refractivity contribution is 0.625. The predicted octanol–water partition coefficient (Wildman–Crippen LogP) is 4.31. The van der Waals surface area contributed by atoms with Crippen molar-refractivity contribution in [3.8, 4) is 22.6 Å². The molecule has 0 aliphatic rings. The summed E-state index contributed by atoms with van der Waals surface area (Å²) in [4.78, 5) is 11.3. The Bertz CT molecular complexity index is 1180. The number of nitrogens with one attached hydrogen (secondary N) is 2. The minimum absolute atomic E-state index is 0.276. The zero-order valence-corrected chi connectivity index (χ0v) is 17.6. The van der Waals surface area contributed by atoms with Gasteiger partial charge in [0.05, 0.1) is 23.1 Å². The van der Waals surface area contributed by atoms with E-state index < -0.39 is 0 Å². The van der Waals surface area contributed by atoms with Gasteiger partial charge in [-0.25, -0.2) is 9.37 Å². The van der Waals surface area contributed by atoms with Gasteiger partial charge in [0.2, 0.25) is 0 Å². The molecule has 0 unspecified atom stereocenters. The molecule has 0 atom stereocenters. The first-order valence-electron chi connectivity index (χ1n) is 9.98. The summed E-state index contributed by atoms with van der Waals surface area (Å²) in [6.07, 6.45) is 1.70. The van der Waals surface area contributed by atoms with Gasteiger partial charge >= 0.3 is 0 Å². The van der Waals surface area contributed by atoms with E-state index in [9.17, 15) is 4.39 Å². The largest absolute Gasteiger partial charge is 0.360 e. The normalized spacial score (nSPS) is 11.2. The number of aryl methyl sites for hydroxylation is 1. The van der Waals surface area contributed by atoms with Gasteiger partial charge in [-0.15, -0.1) is 0 Å². The highest BCUT2D eigenvalue weighted by Gasteiger charge is 2.16. The smallest absolute Gasteiger partial charge is 0.133 e. The van der Waals surface area contributed by atoms with Crippen LogP contribution in [0.25, 0.3) is 33.5 Å². The van der Waals surface area contributed by atoms with Crippen LogP contribution in [-0.4, -0.2) is 40.8 Å². The van der Waals surface area contributed by atoms with E-state index in [1.54, 1.807) is 12.3 Å². The molecule has 0 bridgehead atoms. The van der Waals surface area contributed by atoms with E-state index in [0.29, 0.717) is 17.8 Å². The van der Waals surface area contributed by atoms with E-state index in [4.69, 9.17) is 4.98 Å². The maximum Gasteiger partial charge on any atom is 0.133 e. The molecule has 4 aromatic rings. The third kappa shape index (κ3) is 3.64. The van der Waals surface area contributed by atoms with Crippen LogP contribution in [0.2, 0.25) is 0 Å². The minimum atomic E-state index is -0.276. The average molecular weight is 404 g/mol. The van der Waals surface area contributed by atoms with Crippen LogP contribution in [0, 0.1) is 12.7 Å². The third-order valence-electron chi connectivity index (χ3n) is 5.27. The SMILES string of the molecule is CCN(C)c1cccc(-c2n[nH]c3cnc(-c4c(C)cc(CNC)cc4F)cc23)n1. The van der Waals surface area contributed by atoms with E-state index in [0.717, 1.165) is 45.8 Å². The summed E-state index contributed by atoms with van der Waals surface area (Å²) in [5.74, 6) is 0.601. The quantitative estimate of drug-likeness (QED) is 0.501. The molecule has 3 aromatic heterocycles. The summed E-state index contributed by atoms with van der Waals surface area (Å²) in [5, 5.41) is 11.4. The molecule has 0 spiro atoms. The maximum absolute atomic E-state index is 14.9. The van der Waals surface area contributed by atoms with Gasteiger partial charge in [-0.05, 0) is 56.3 Å². The Morgan fingerprint density at radius 1 is 1.17 bits per heavy atom. The lowest BCUT2D eigenvalue weighted by Gasteiger charge is -2.15. The van der Waals surface area contributed by atoms with E-state index >= 15 is 0 Å². The van der Waals surface area contributed by atoms with E-state index in [1.165, 1.54) is 0 Å². The Labute approximate surface area is 175 Å². The highest BCUT2D eigenvalue weighted by atomic mass is 19.1. The van der Waals surface area contributed by atoms with Crippen molar-refractivity contribution < 1.29 is 4.39 Å². The Hall–Kier alpha value is -3.32. The van der Waals surface area contributed by atoms with Gasteiger partial charge in [0.15, 0.2) is 0 Å². The topological polar surface area (TPSA) is 69.7 Å². The number of benzene rings is 1. The Kier molecular flexibility index (Phi) is 5.46. The molecule has 0 radical (unpaired) electrons. The van der Waals surface area contributed by atoms with E-state index in [1.807, 2.05) is 51.4 Å². The van der Waals surface area contributed by atoms with Crippen molar-refractivity contribution in [1.82, 2.24) is 25.5 Å². The van der Waals surface area contributed by atoms with Crippen LogP contribution in [-0.2, 0) is 6.54 Å². The molecule has 0 amide bonds. The van der Waals surface area contributed by atoms with Crippen LogP contribution in [0.15, 0.2) is 42.6 Å². The van der Waals surface area contributed by atoms with E-state index in [-0.39, 0.29) is 5.82 Å². The van der Waals surface area contributed by atoms with Gasteiger partial charge < -0.3 is 10.2 Å². The number of aromatic amines is 1. The summed E-state index contributed by atoms with van der Waals surface area (Å²) < 4.78 is 14.9. The zero-order chi connectivity index (χ0) is 21.3. The lowest BCUT2D eigenvalue weighted by atomic mass is 10.00. The summed E-state index contributed by atoms with van der Waals surface area (Å²) in [6.45, 7) is 5.46. The Morgan fingerprint density at radius 3 is 2.73 bits per heavy atom. The number of aromatic nitrogens is 4. The Balaban J connectivity index is 1.82. The fraction of sp³-hybridized carbons (Fsp3) is 0.261. The number of hydrogen-bond acceptors (Lipinski definition) is 5. The summed E-state index contributed by atoms with van der Waals surface area (Å²) in [7, 11) is 3.85. The molecule has 0 aliphatic carbocycles. The molecule has 3 heterocycles. The molecular formula is C23H25FN6. The number of hydrogen-bond donors (Lipinski definition) is 2. The van der Waals surface area contributed by atoms with Crippen molar-refractivity contribution in [3.63, 3.8) is 0 Å². The molecule has 6 nitrogen and oxygen atoms in total. The van der Waals surface area contributed by atoms with Gasteiger partial charge in [0.1, 0.15) is 17.3 Å². The number of anilines is 1. The van der Waals surface area contributed by atoms with Crippen molar-refractivity contribution in [3.05, 3.63) is 59.5 Å². The zero-order valence-electron chi connectivity index (χ0n) is 17.6. The van der Waals surface area contributed by atoms with Gasteiger partial charge in [-0.1, -0.05) is 12.1 Å². The predicted molar refractivity (Wildman–Crippen MR) is 119 cm³/mol. The van der Waals surface area contributed by atoms with Crippen molar-refractivity contribution >= 4 is 16.7 Å². The standard InChI is InChI=1S/C23H25FN6/c1-5-30(4)21-8-6-7-18(27-21)23-16-11-19(26-13-20(16)28-29-23)22-14(2)9-15(12-25-3)10-17(22)24/h6-11,13,25H,5,12H2,1-4H3,(H,28,29). The van der Waals surface area contributed by atoms with Crippen molar-refractivity contribution in [1.29, 1.82) is 0 Å². The van der Waals surface area contributed by atoms with Crippen LogP contribution in [0.4, 0.5) is 10.2 Å². The van der Waals surface area contributed by atoms with Crippen LogP contribution in [0.3, 0.4) is 0 Å². The van der Waals surface area contributed by atoms with Gasteiger partial charge in [0.25, 0.3) is 0 Å². The Morgan fingerprint density at radius 2 is 2.00 bits per heavy atom. The van der Waals surface area contributed by atoms with Crippen molar-refractivity contribution in [2.45, 2.75) is 20.4 Å². The summed E-state index contributed by atoms with van der Waals surface area (Å²) >= 11 is 0. The summed E-state index contributed by atoms with van der Waals surface area (Å²) in [6, 6.07) is 11.3. The molecular weight excluding hydrogens is 379 g/mol. The first-order valence-corrected chi connectivity index (χ1v) is 9.98. The molecule has 0 saturated heterocycles. The van der Waals surface area contributed by atoms with Crippen LogP contribution >= 0.6 is 0 Å². The highest BCUT2D eigenvalue weighted by molar-refractivity contribution is 5.94. The van der Waals surface area contributed by atoms with Gasteiger partial charge in [-0.2, -0.15) is 5.10 Å². The number of pyridine rings is 2. The second kappa shape index (κ2) is 8.20. The summed E-state index contributed by atoms with van der Waals surface area (Å²) in [5.41, 5.74) is 5.12. The van der Waals surface area contributed by atoms with Crippen LogP contribution in [0.5, 0.6) is 0 Å².